The average Bonchev–Trinajstić information content (AvgIpc) is 3.11. The third-order valence-electron chi connectivity index (χ3n) is 6.66. The number of methoxy groups -OCH3 is 2. The summed E-state index contributed by atoms with van der Waals surface area (Å²) in [6.45, 7) is 0. The molecule has 246 valence electrons. The molecule has 2 amide bonds. The van der Waals surface area contributed by atoms with Gasteiger partial charge in [0, 0.05) is 12.8 Å². The summed E-state index contributed by atoms with van der Waals surface area (Å²) in [5.41, 5.74) is 6.95. The number of hydrazone groups is 2. The average molecular weight is 651 g/mol. The zero-order chi connectivity index (χ0) is 34.1. The molecule has 0 spiro atoms. The van der Waals surface area contributed by atoms with Crippen LogP contribution in [0.2, 0.25) is 0 Å². The molecule has 4 rings (SSSR count). The van der Waals surface area contributed by atoms with Gasteiger partial charge in [-0.05, 0) is 84.6 Å². The van der Waals surface area contributed by atoms with Crippen molar-refractivity contribution in [2.24, 2.45) is 10.2 Å². The first-order valence-corrected chi connectivity index (χ1v) is 14.9. The lowest BCUT2D eigenvalue weighted by atomic mass is 10.2. The van der Waals surface area contributed by atoms with Crippen LogP contribution in [0, 0.1) is 0 Å². The van der Waals surface area contributed by atoms with Crippen molar-refractivity contribution in [2.45, 2.75) is 25.7 Å². The largest absolute Gasteiger partial charge is 0.493 e. The highest BCUT2D eigenvalue weighted by atomic mass is 16.6. The van der Waals surface area contributed by atoms with Gasteiger partial charge in [-0.2, -0.15) is 10.2 Å². The zero-order valence-electron chi connectivity index (χ0n) is 26.4. The number of nitrogens with one attached hydrogen (secondary N) is 2. The Hall–Kier alpha value is -6.30. The zero-order valence-corrected chi connectivity index (χ0v) is 26.4. The molecule has 12 heteroatoms. The molecular formula is C36H34N4O8. The summed E-state index contributed by atoms with van der Waals surface area (Å²) in [5, 5.41) is 7.93. The van der Waals surface area contributed by atoms with Crippen LogP contribution in [0.5, 0.6) is 23.0 Å². The Morgan fingerprint density at radius 1 is 0.562 bits per heavy atom. The minimum absolute atomic E-state index is 0.173. The first-order chi connectivity index (χ1) is 23.4. The van der Waals surface area contributed by atoms with E-state index in [0.717, 1.165) is 0 Å². The number of hydrogen-bond acceptors (Lipinski definition) is 10. The molecule has 2 N–H and O–H groups in total. The first kappa shape index (κ1) is 34.6. The Morgan fingerprint density at radius 3 is 1.33 bits per heavy atom. The van der Waals surface area contributed by atoms with Crippen LogP contribution in [-0.4, -0.2) is 50.4 Å². The molecule has 0 radical (unpaired) electrons. The van der Waals surface area contributed by atoms with Crippen LogP contribution < -0.4 is 29.8 Å². The number of esters is 2. The second kappa shape index (κ2) is 18.0. The van der Waals surface area contributed by atoms with Gasteiger partial charge in [-0.25, -0.2) is 20.4 Å². The maximum Gasteiger partial charge on any atom is 0.343 e. The minimum Gasteiger partial charge on any atom is -0.493 e. The topological polar surface area (TPSA) is 154 Å². The Balaban J connectivity index is 1.15. The standard InChI is InChI=1S/C36H34N4O8/c1-45-31-21-25(17-19-29(31)47-35(43)27-11-5-3-6-12-27)23-37-39-33(41)15-9-10-16-34(42)40-38-24-26-18-20-30(32(22-26)46-2)48-36(44)28-13-7-4-8-14-28/h3-8,11-14,17-24H,9-10,15-16H2,1-2H3,(H,39,41)(H,40,42)/b37-23+,38-24+. The van der Waals surface area contributed by atoms with Crippen molar-refractivity contribution in [3.8, 4) is 23.0 Å². The van der Waals surface area contributed by atoms with E-state index in [-0.39, 0.29) is 36.2 Å². The predicted molar refractivity (Wildman–Crippen MR) is 179 cm³/mol. The molecule has 0 aliphatic carbocycles. The van der Waals surface area contributed by atoms with Crippen LogP contribution in [0.1, 0.15) is 57.5 Å². The monoisotopic (exact) mass is 650 g/mol. The summed E-state index contributed by atoms with van der Waals surface area (Å²) < 4.78 is 21.5. The van der Waals surface area contributed by atoms with Crippen molar-refractivity contribution in [2.75, 3.05) is 14.2 Å². The molecule has 0 saturated heterocycles. The number of nitrogens with zero attached hydrogens (tertiary/aromatic N) is 2. The summed E-state index contributed by atoms with van der Waals surface area (Å²) in [6, 6.07) is 26.9. The number of amides is 2. The van der Waals surface area contributed by atoms with Crippen molar-refractivity contribution < 1.29 is 38.1 Å². The first-order valence-electron chi connectivity index (χ1n) is 14.9. The van der Waals surface area contributed by atoms with Crippen LogP contribution in [0.15, 0.2) is 107 Å². The van der Waals surface area contributed by atoms with E-state index in [4.69, 9.17) is 18.9 Å². The van der Waals surface area contributed by atoms with Gasteiger partial charge in [-0.3, -0.25) is 9.59 Å². The fourth-order valence-electron chi connectivity index (χ4n) is 4.20. The molecule has 48 heavy (non-hydrogen) atoms. The Morgan fingerprint density at radius 2 is 0.958 bits per heavy atom. The van der Waals surface area contributed by atoms with Crippen molar-refractivity contribution in [3.05, 3.63) is 119 Å². The van der Waals surface area contributed by atoms with Crippen LogP contribution in [0.3, 0.4) is 0 Å². The van der Waals surface area contributed by atoms with E-state index in [9.17, 15) is 19.2 Å². The quantitative estimate of drug-likeness (QED) is 0.0578. The number of benzene rings is 4. The highest BCUT2D eigenvalue weighted by Gasteiger charge is 2.14. The summed E-state index contributed by atoms with van der Waals surface area (Å²) in [7, 11) is 2.91. The number of carbonyl (C=O) groups excluding carboxylic acids is 4. The lowest BCUT2D eigenvalue weighted by molar-refractivity contribution is -0.123. The van der Waals surface area contributed by atoms with Gasteiger partial charge < -0.3 is 18.9 Å². The Kier molecular flexibility index (Phi) is 13.0. The molecule has 0 unspecified atom stereocenters. The van der Waals surface area contributed by atoms with Gasteiger partial charge in [0.2, 0.25) is 11.8 Å². The Bertz CT molecular complexity index is 1640. The summed E-state index contributed by atoms with van der Waals surface area (Å²) in [5.74, 6) is -0.482. The van der Waals surface area contributed by atoms with Gasteiger partial charge >= 0.3 is 11.9 Å². The molecule has 0 aliphatic heterocycles. The SMILES string of the molecule is COc1cc(/C=N/NC(=O)CCCCC(=O)N/N=C/c2ccc(OC(=O)c3ccccc3)c(OC)c2)ccc1OC(=O)c1ccccc1. The maximum atomic E-state index is 12.4. The fourth-order valence-corrected chi connectivity index (χ4v) is 4.20. The van der Waals surface area contributed by atoms with E-state index in [1.54, 1.807) is 97.1 Å². The Labute approximate surface area is 277 Å². The van der Waals surface area contributed by atoms with E-state index in [1.165, 1.54) is 26.6 Å². The van der Waals surface area contributed by atoms with E-state index in [2.05, 4.69) is 21.1 Å². The molecular weight excluding hydrogens is 616 g/mol. The van der Waals surface area contributed by atoms with Crippen molar-refractivity contribution in [1.82, 2.24) is 10.9 Å². The normalized spacial score (nSPS) is 10.8. The molecule has 4 aromatic rings. The van der Waals surface area contributed by atoms with Crippen LogP contribution in [0.25, 0.3) is 0 Å². The third kappa shape index (κ3) is 10.7. The smallest absolute Gasteiger partial charge is 0.343 e. The van der Waals surface area contributed by atoms with E-state index in [1.807, 2.05) is 0 Å². The molecule has 12 nitrogen and oxygen atoms in total. The maximum absolute atomic E-state index is 12.4. The number of hydrogen-bond donors (Lipinski definition) is 2. The number of rotatable bonds is 15. The van der Waals surface area contributed by atoms with Crippen LogP contribution in [0.4, 0.5) is 0 Å². The number of unbranched alkanes of at least 4 members (excludes halogenated alkanes) is 1. The van der Waals surface area contributed by atoms with Crippen molar-refractivity contribution >= 4 is 36.2 Å². The lowest BCUT2D eigenvalue weighted by Crippen LogP contribution is -2.19. The molecule has 0 fully saturated rings. The van der Waals surface area contributed by atoms with Gasteiger partial charge in [-0.1, -0.05) is 36.4 Å². The molecule has 0 saturated carbocycles. The molecule has 0 aromatic heterocycles. The fraction of sp³-hybridized carbons (Fsp3) is 0.167. The highest BCUT2D eigenvalue weighted by molar-refractivity contribution is 5.92. The van der Waals surface area contributed by atoms with E-state index >= 15 is 0 Å². The van der Waals surface area contributed by atoms with Crippen LogP contribution in [-0.2, 0) is 9.59 Å². The molecule has 0 bridgehead atoms. The summed E-state index contributed by atoms with van der Waals surface area (Å²) >= 11 is 0. The van der Waals surface area contributed by atoms with Gasteiger partial charge in [0.05, 0.1) is 37.8 Å². The van der Waals surface area contributed by atoms with E-state index in [0.29, 0.717) is 46.6 Å². The van der Waals surface area contributed by atoms with Crippen LogP contribution >= 0.6 is 0 Å². The van der Waals surface area contributed by atoms with E-state index < -0.39 is 11.9 Å². The minimum atomic E-state index is -0.513. The van der Waals surface area contributed by atoms with Gasteiger partial charge in [0.25, 0.3) is 0 Å². The third-order valence-corrected chi connectivity index (χ3v) is 6.66. The van der Waals surface area contributed by atoms with Crippen molar-refractivity contribution in [3.63, 3.8) is 0 Å². The summed E-state index contributed by atoms with van der Waals surface area (Å²) in [4.78, 5) is 49.1. The summed E-state index contributed by atoms with van der Waals surface area (Å²) in [6.07, 6.45) is 4.16. The van der Waals surface area contributed by atoms with Gasteiger partial charge in [-0.15, -0.1) is 0 Å². The second-order valence-electron chi connectivity index (χ2n) is 10.1. The molecule has 0 aliphatic rings. The van der Waals surface area contributed by atoms with Gasteiger partial charge in [0.15, 0.2) is 23.0 Å². The molecule has 0 heterocycles. The second-order valence-corrected chi connectivity index (χ2v) is 10.1. The van der Waals surface area contributed by atoms with Crippen molar-refractivity contribution in [1.29, 1.82) is 0 Å². The molecule has 0 atom stereocenters. The molecule has 4 aromatic carbocycles. The predicted octanol–water partition coefficient (Wildman–Crippen LogP) is 5.30. The van der Waals surface area contributed by atoms with Gasteiger partial charge in [0.1, 0.15) is 0 Å². The highest BCUT2D eigenvalue weighted by Crippen LogP contribution is 2.29. The lowest BCUT2D eigenvalue weighted by Gasteiger charge is -2.10. The number of carbonyl (C=O) groups is 4. The number of ether oxygens (including phenoxy) is 4.